The second-order valence-corrected chi connectivity index (χ2v) is 13.8. The highest BCUT2D eigenvalue weighted by atomic mass is 16.3. The summed E-state index contributed by atoms with van der Waals surface area (Å²) in [5, 5.41) is 4.72. The molecule has 3 heteroatoms. The summed E-state index contributed by atoms with van der Waals surface area (Å²) in [5.74, 6) is 0. The number of para-hydroxylation sites is 3. The van der Waals surface area contributed by atoms with Gasteiger partial charge in [-0.05, 0) is 76.7 Å². The van der Waals surface area contributed by atoms with E-state index in [9.17, 15) is 0 Å². The van der Waals surface area contributed by atoms with Crippen LogP contribution in [0.25, 0.3) is 60.6 Å². The van der Waals surface area contributed by atoms with Crippen molar-refractivity contribution in [3.05, 3.63) is 169 Å². The van der Waals surface area contributed by atoms with Gasteiger partial charge in [0.1, 0.15) is 11.2 Å². The number of benzene rings is 7. The Bertz CT molecular complexity index is 2620. The largest absolute Gasteiger partial charge is 0.456 e. The molecule has 0 N–H and O–H groups in total. The maximum atomic E-state index is 6.48. The van der Waals surface area contributed by atoms with Gasteiger partial charge in [0.2, 0.25) is 0 Å². The molecule has 9 aromatic rings. The molecular formula is C46H36N2O. The van der Waals surface area contributed by atoms with Gasteiger partial charge in [0, 0.05) is 33.2 Å². The van der Waals surface area contributed by atoms with Crippen molar-refractivity contribution in [3.8, 4) is 16.8 Å². The van der Waals surface area contributed by atoms with Crippen molar-refractivity contribution < 1.29 is 4.42 Å². The zero-order valence-electron chi connectivity index (χ0n) is 27.9. The van der Waals surface area contributed by atoms with Gasteiger partial charge in [-0.2, -0.15) is 0 Å². The molecule has 49 heavy (non-hydrogen) atoms. The molecule has 0 saturated heterocycles. The van der Waals surface area contributed by atoms with Crippen LogP contribution in [0.15, 0.2) is 168 Å². The van der Waals surface area contributed by atoms with Gasteiger partial charge in [0.05, 0.1) is 22.1 Å². The lowest BCUT2D eigenvalue weighted by Gasteiger charge is -2.27. The van der Waals surface area contributed by atoms with Gasteiger partial charge in [0.25, 0.3) is 0 Å². The smallest absolute Gasteiger partial charge is 0.137 e. The average Bonchev–Trinajstić information content (AvgIpc) is 3.68. The van der Waals surface area contributed by atoms with Crippen molar-refractivity contribution in [2.24, 2.45) is 0 Å². The van der Waals surface area contributed by atoms with Crippen molar-refractivity contribution in [3.63, 3.8) is 0 Å². The maximum absolute atomic E-state index is 6.48. The summed E-state index contributed by atoms with van der Waals surface area (Å²) in [5.41, 5.74) is 12.2. The highest BCUT2D eigenvalue weighted by Crippen LogP contribution is 2.45. The predicted molar refractivity (Wildman–Crippen MR) is 207 cm³/mol. The van der Waals surface area contributed by atoms with Crippen LogP contribution < -0.4 is 4.90 Å². The molecule has 9 rings (SSSR count). The highest BCUT2D eigenvalue weighted by molar-refractivity contribution is 6.15. The molecule has 236 valence electrons. The number of fused-ring (bicyclic) bond motifs is 6. The van der Waals surface area contributed by atoms with E-state index in [0.29, 0.717) is 0 Å². The minimum absolute atomic E-state index is 0.117. The van der Waals surface area contributed by atoms with Gasteiger partial charge in [-0.25, -0.2) is 0 Å². The minimum atomic E-state index is -0.117. The molecular weight excluding hydrogens is 597 g/mol. The van der Waals surface area contributed by atoms with Crippen LogP contribution in [0, 0.1) is 0 Å². The van der Waals surface area contributed by atoms with Crippen molar-refractivity contribution in [2.75, 3.05) is 4.90 Å². The van der Waals surface area contributed by atoms with Crippen LogP contribution in [0.4, 0.5) is 17.1 Å². The van der Waals surface area contributed by atoms with Crippen LogP contribution in [0.3, 0.4) is 0 Å². The summed E-state index contributed by atoms with van der Waals surface area (Å²) in [6, 6.07) is 58.6. The lowest BCUT2D eigenvalue weighted by molar-refractivity contribution is 0.588. The molecule has 0 amide bonds. The molecule has 2 heterocycles. The summed E-state index contributed by atoms with van der Waals surface area (Å²) in [7, 11) is 0. The third-order valence-electron chi connectivity index (χ3n) is 9.71. The topological polar surface area (TPSA) is 21.3 Å². The van der Waals surface area contributed by atoms with E-state index >= 15 is 0 Å². The number of hydrogen-bond acceptors (Lipinski definition) is 2. The fourth-order valence-corrected chi connectivity index (χ4v) is 7.43. The zero-order chi connectivity index (χ0) is 33.1. The Morgan fingerprint density at radius 2 is 1.06 bits per heavy atom. The van der Waals surface area contributed by atoms with Gasteiger partial charge in [-0.15, -0.1) is 0 Å². The molecule has 0 aliphatic heterocycles. The molecule has 0 radical (unpaired) electrons. The molecule has 0 fully saturated rings. The maximum Gasteiger partial charge on any atom is 0.137 e. The molecule has 0 atom stereocenters. The van der Waals surface area contributed by atoms with Crippen molar-refractivity contribution in [1.29, 1.82) is 0 Å². The van der Waals surface area contributed by atoms with Crippen LogP contribution in [-0.2, 0) is 5.41 Å². The normalized spacial score (nSPS) is 12.0. The number of rotatable bonds is 5. The third-order valence-corrected chi connectivity index (χ3v) is 9.71. The van der Waals surface area contributed by atoms with Crippen LogP contribution in [0.2, 0.25) is 0 Å². The first kappa shape index (κ1) is 29.1. The molecule has 0 aliphatic carbocycles. The lowest BCUT2D eigenvalue weighted by Crippen LogP contribution is -2.15. The van der Waals surface area contributed by atoms with Gasteiger partial charge < -0.3 is 13.9 Å². The first-order valence-corrected chi connectivity index (χ1v) is 16.9. The molecule has 0 saturated carbocycles. The van der Waals surface area contributed by atoms with Crippen LogP contribution >= 0.6 is 0 Å². The second-order valence-electron chi connectivity index (χ2n) is 13.8. The van der Waals surface area contributed by atoms with Crippen LogP contribution in [0.5, 0.6) is 0 Å². The molecule has 0 spiro atoms. The number of anilines is 3. The summed E-state index contributed by atoms with van der Waals surface area (Å²) in [6.07, 6.45) is 0. The third kappa shape index (κ3) is 4.81. The predicted octanol–water partition coefficient (Wildman–Crippen LogP) is 13.1. The second kappa shape index (κ2) is 11.3. The number of furan rings is 1. The SMILES string of the molecule is CC(C)(C)c1ccc2oc3ccccc3c2c1-n1c2ccccc2c2ccc(N(c3ccccc3)c3ccc(-c4ccccc4)cc3)cc21. The quantitative estimate of drug-likeness (QED) is 0.188. The van der Waals surface area contributed by atoms with Crippen LogP contribution in [-0.4, -0.2) is 4.57 Å². The standard InChI is InChI=1S/C46H36N2O/c1-46(2,3)39-28-29-43-44(38-19-11-13-21-42(38)49-43)45(39)48-40-20-12-10-18-36(40)37-27-26-35(30-41(37)48)47(33-16-8-5-9-17-33)34-24-22-32(23-25-34)31-14-6-4-7-15-31/h4-30H,1-3H3. The molecule has 7 aromatic carbocycles. The number of aromatic nitrogens is 1. The van der Waals surface area contributed by atoms with Gasteiger partial charge in [-0.3, -0.25) is 0 Å². The van der Waals surface area contributed by atoms with E-state index in [2.05, 4.69) is 188 Å². The summed E-state index contributed by atoms with van der Waals surface area (Å²) in [4.78, 5) is 2.36. The first-order chi connectivity index (χ1) is 24.0. The molecule has 0 unspecified atom stereocenters. The Morgan fingerprint density at radius 3 is 1.82 bits per heavy atom. The Hall–Kier alpha value is -6.06. The van der Waals surface area contributed by atoms with Crippen LogP contribution in [0.1, 0.15) is 26.3 Å². The monoisotopic (exact) mass is 632 g/mol. The Balaban J connectivity index is 1.34. The van der Waals surface area contributed by atoms with Crippen molar-refractivity contribution >= 4 is 60.8 Å². The van der Waals surface area contributed by atoms with E-state index < -0.39 is 0 Å². The molecule has 0 bridgehead atoms. The van der Waals surface area contributed by atoms with Gasteiger partial charge >= 0.3 is 0 Å². The van der Waals surface area contributed by atoms with E-state index in [1.54, 1.807) is 0 Å². The van der Waals surface area contributed by atoms with E-state index in [1.807, 2.05) is 6.07 Å². The summed E-state index contributed by atoms with van der Waals surface area (Å²) < 4.78 is 8.97. The summed E-state index contributed by atoms with van der Waals surface area (Å²) in [6.45, 7) is 6.90. The van der Waals surface area contributed by atoms with E-state index in [1.165, 1.54) is 38.7 Å². The fraction of sp³-hybridized carbons (Fsp3) is 0.0870. The van der Waals surface area contributed by atoms with Gasteiger partial charge in [0.15, 0.2) is 0 Å². The highest BCUT2D eigenvalue weighted by Gasteiger charge is 2.27. The zero-order valence-corrected chi connectivity index (χ0v) is 27.9. The van der Waals surface area contributed by atoms with Crippen molar-refractivity contribution in [1.82, 2.24) is 4.57 Å². The Kier molecular flexibility index (Phi) is 6.70. The minimum Gasteiger partial charge on any atom is -0.456 e. The Morgan fingerprint density at radius 1 is 0.469 bits per heavy atom. The Labute approximate surface area is 286 Å². The molecule has 0 aliphatic rings. The summed E-state index contributed by atoms with van der Waals surface area (Å²) >= 11 is 0. The lowest BCUT2D eigenvalue weighted by atomic mass is 9.84. The van der Waals surface area contributed by atoms with E-state index in [0.717, 1.165) is 44.5 Å². The van der Waals surface area contributed by atoms with Crippen molar-refractivity contribution in [2.45, 2.75) is 26.2 Å². The number of hydrogen-bond donors (Lipinski definition) is 0. The van der Waals surface area contributed by atoms with E-state index in [-0.39, 0.29) is 5.41 Å². The molecule has 3 nitrogen and oxygen atoms in total. The molecule has 2 aromatic heterocycles. The fourth-order valence-electron chi connectivity index (χ4n) is 7.43. The van der Waals surface area contributed by atoms with E-state index in [4.69, 9.17) is 4.42 Å². The number of nitrogens with zero attached hydrogens (tertiary/aromatic N) is 2. The van der Waals surface area contributed by atoms with Gasteiger partial charge in [-0.1, -0.05) is 130 Å². The first-order valence-electron chi connectivity index (χ1n) is 16.9. The average molecular weight is 633 g/mol.